The van der Waals surface area contributed by atoms with Crippen LogP contribution in [0, 0.1) is 0 Å². The van der Waals surface area contributed by atoms with Crippen LogP contribution in [0.5, 0.6) is 5.75 Å². The summed E-state index contributed by atoms with van der Waals surface area (Å²) in [6, 6.07) is 6.47. The molecule has 1 aromatic rings. The maximum Gasteiger partial charge on any atom is 0.422 e. The Kier molecular flexibility index (Phi) is 4.46. The van der Waals surface area contributed by atoms with E-state index in [-0.39, 0.29) is 5.75 Å². The lowest BCUT2D eigenvalue weighted by molar-refractivity contribution is -0.153. The first kappa shape index (κ1) is 15.7. The average molecular weight is 360 g/mol. The number of ether oxygens (including phenoxy) is 1. The van der Waals surface area contributed by atoms with Gasteiger partial charge in [-0.2, -0.15) is 13.2 Å². The van der Waals surface area contributed by atoms with Crippen LogP contribution in [-0.2, 0) is 0 Å². The fourth-order valence-electron chi connectivity index (χ4n) is 1.84. The molecule has 0 unspecified atom stereocenters. The molecule has 1 heterocycles. The number of halogens is 4. The van der Waals surface area contributed by atoms with Crippen LogP contribution in [0.25, 0.3) is 5.70 Å². The Morgan fingerprint density at radius 2 is 1.81 bits per heavy atom. The molecule has 21 heavy (non-hydrogen) atoms. The second kappa shape index (κ2) is 5.97. The van der Waals surface area contributed by atoms with Crippen molar-refractivity contribution in [1.82, 2.24) is 4.90 Å². The minimum atomic E-state index is -4.33. The molecule has 0 saturated heterocycles. The van der Waals surface area contributed by atoms with Crippen molar-refractivity contribution >= 4 is 21.6 Å². The van der Waals surface area contributed by atoms with E-state index >= 15 is 0 Å². The summed E-state index contributed by atoms with van der Waals surface area (Å²) in [5.74, 6) is 0.186. The van der Waals surface area contributed by atoms with Crippen LogP contribution in [0.1, 0.15) is 5.56 Å². The molecule has 6 heteroatoms. The van der Waals surface area contributed by atoms with Gasteiger partial charge in [0.1, 0.15) is 5.75 Å². The maximum absolute atomic E-state index is 12.1. The van der Waals surface area contributed by atoms with E-state index in [1.165, 1.54) is 12.1 Å². The summed E-state index contributed by atoms with van der Waals surface area (Å²) in [5.41, 5.74) is 2.59. The third-order valence-electron chi connectivity index (χ3n) is 2.98. The Morgan fingerprint density at radius 3 is 2.38 bits per heavy atom. The van der Waals surface area contributed by atoms with Crippen LogP contribution in [0.4, 0.5) is 13.2 Å². The highest BCUT2D eigenvalue weighted by atomic mass is 79.9. The molecule has 2 nitrogen and oxygen atoms in total. The molecule has 0 bridgehead atoms. The van der Waals surface area contributed by atoms with Gasteiger partial charge in [0, 0.05) is 22.9 Å². The van der Waals surface area contributed by atoms with Gasteiger partial charge < -0.3 is 9.64 Å². The molecule has 0 aliphatic carbocycles. The largest absolute Gasteiger partial charge is 0.484 e. The fraction of sp³-hybridized carbons (Fsp3) is 0.200. The second-order valence-electron chi connectivity index (χ2n) is 4.50. The zero-order valence-corrected chi connectivity index (χ0v) is 12.8. The third-order valence-corrected chi connectivity index (χ3v) is 3.70. The van der Waals surface area contributed by atoms with E-state index in [1.807, 2.05) is 24.1 Å². The monoisotopic (exact) mass is 359 g/mol. The van der Waals surface area contributed by atoms with Gasteiger partial charge in [-0.05, 0) is 57.9 Å². The zero-order valence-electron chi connectivity index (χ0n) is 11.2. The van der Waals surface area contributed by atoms with Crippen molar-refractivity contribution in [3.05, 3.63) is 58.7 Å². The lowest BCUT2D eigenvalue weighted by Gasteiger charge is -2.27. The summed E-state index contributed by atoms with van der Waals surface area (Å²) in [5, 5.41) is 0. The van der Waals surface area contributed by atoms with Gasteiger partial charge in [-0.3, -0.25) is 0 Å². The first-order valence-electron chi connectivity index (χ1n) is 6.08. The van der Waals surface area contributed by atoms with Crippen LogP contribution >= 0.6 is 15.9 Å². The molecule has 1 aliphatic heterocycles. The molecule has 112 valence electrons. The highest BCUT2D eigenvalue weighted by molar-refractivity contribution is 9.12. The number of likely N-dealkylation sites (N-methyl/N-ethyl adjacent to an activating group) is 1. The van der Waals surface area contributed by atoms with Crippen LogP contribution in [0.15, 0.2) is 53.2 Å². The molecular weight excluding hydrogens is 347 g/mol. The molecule has 0 saturated carbocycles. The Labute approximate surface area is 129 Å². The SMILES string of the molecule is C=C1C(Br)=CC=C(c2ccc(OCC(F)(F)F)cc2)N1C. The smallest absolute Gasteiger partial charge is 0.422 e. The Balaban J connectivity index is 2.14. The quantitative estimate of drug-likeness (QED) is 0.774. The zero-order chi connectivity index (χ0) is 15.6. The van der Waals surface area contributed by atoms with Crippen molar-refractivity contribution < 1.29 is 17.9 Å². The van der Waals surface area contributed by atoms with Gasteiger partial charge >= 0.3 is 6.18 Å². The second-order valence-corrected chi connectivity index (χ2v) is 5.35. The van der Waals surface area contributed by atoms with Crippen molar-refractivity contribution in [2.24, 2.45) is 0 Å². The first-order chi connectivity index (χ1) is 9.78. The number of benzene rings is 1. The average Bonchev–Trinajstić information content (AvgIpc) is 2.43. The molecule has 0 N–H and O–H groups in total. The molecular formula is C15H13BrF3NO. The molecule has 0 aromatic heterocycles. The van der Waals surface area contributed by atoms with Gasteiger partial charge in [0.25, 0.3) is 0 Å². The van der Waals surface area contributed by atoms with Gasteiger partial charge in [0.05, 0.1) is 0 Å². The predicted octanol–water partition coefficient (Wildman–Crippen LogP) is 4.71. The highest BCUT2D eigenvalue weighted by Crippen LogP contribution is 2.32. The van der Waals surface area contributed by atoms with Crippen molar-refractivity contribution in [1.29, 1.82) is 0 Å². The molecule has 0 amide bonds. The third kappa shape index (κ3) is 3.91. The standard InChI is InChI=1S/C15H13BrF3NO/c1-10-13(16)7-8-14(20(10)2)11-3-5-12(6-4-11)21-9-15(17,18)19/h3-8H,1,9H2,2H3. The first-order valence-corrected chi connectivity index (χ1v) is 6.88. The van der Waals surface area contributed by atoms with Crippen molar-refractivity contribution in [3.8, 4) is 5.75 Å². The van der Waals surface area contributed by atoms with E-state index in [9.17, 15) is 13.2 Å². The van der Waals surface area contributed by atoms with Crippen molar-refractivity contribution in [2.75, 3.05) is 13.7 Å². The van der Waals surface area contributed by atoms with E-state index in [2.05, 4.69) is 27.2 Å². The summed E-state index contributed by atoms with van der Waals surface area (Å²) in [6.45, 7) is 2.66. The van der Waals surface area contributed by atoms with Crippen LogP contribution in [-0.4, -0.2) is 24.7 Å². The van der Waals surface area contributed by atoms with E-state index < -0.39 is 12.8 Å². The van der Waals surface area contributed by atoms with Crippen molar-refractivity contribution in [3.63, 3.8) is 0 Å². The maximum atomic E-state index is 12.1. The fourth-order valence-corrected chi connectivity index (χ4v) is 2.24. The van der Waals surface area contributed by atoms with E-state index in [4.69, 9.17) is 0 Å². The number of nitrogens with zero attached hydrogens (tertiary/aromatic N) is 1. The Hall–Kier alpha value is -1.69. The van der Waals surface area contributed by atoms with E-state index in [1.54, 1.807) is 12.1 Å². The molecule has 1 aliphatic rings. The number of rotatable bonds is 3. The molecule has 1 aromatic carbocycles. The molecule has 0 atom stereocenters. The van der Waals surface area contributed by atoms with Gasteiger partial charge in [0.15, 0.2) is 6.61 Å². The van der Waals surface area contributed by atoms with E-state index in [0.717, 1.165) is 21.4 Å². The summed E-state index contributed by atoms with van der Waals surface area (Å²) in [4.78, 5) is 1.90. The summed E-state index contributed by atoms with van der Waals surface area (Å²) < 4.78 is 41.8. The predicted molar refractivity (Wildman–Crippen MR) is 79.9 cm³/mol. The van der Waals surface area contributed by atoms with Crippen LogP contribution < -0.4 is 4.74 Å². The molecule has 0 fully saturated rings. The van der Waals surface area contributed by atoms with Gasteiger partial charge in [-0.15, -0.1) is 0 Å². The normalized spacial score (nSPS) is 15.7. The lowest BCUT2D eigenvalue weighted by atomic mass is 10.1. The number of alkyl halides is 3. The summed E-state index contributed by atoms with van der Waals surface area (Å²) >= 11 is 3.39. The minimum absolute atomic E-state index is 0.186. The minimum Gasteiger partial charge on any atom is -0.484 e. The van der Waals surface area contributed by atoms with Crippen LogP contribution in [0.2, 0.25) is 0 Å². The Morgan fingerprint density at radius 1 is 1.19 bits per heavy atom. The van der Waals surface area contributed by atoms with Crippen molar-refractivity contribution in [2.45, 2.75) is 6.18 Å². The lowest BCUT2D eigenvalue weighted by Crippen LogP contribution is -2.19. The van der Waals surface area contributed by atoms with Gasteiger partial charge in [-0.25, -0.2) is 0 Å². The van der Waals surface area contributed by atoms with Gasteiger partial charge in [-0.1, -0.05) is 6.58 Å². The molecule has 0 spiro atoms. The molecule has 0 radical (unpaired) electrons. The van der Waals surface area contributed by atoms with Gasteiger partial charge in [0.2, 0.25) is 0 Å². The number of allylic oxidation sites excluding steroid dienone is 3. The number of hydrogen-bond donors (Lipinski definition) is 0. The number of hydrogen-bond acceptors (Lipinski definition) is 2. The summed E-state index contributed by atoms with van der Waals surface area (Å²) in [7, 11) is 1.87. The highest BCUT2D eigenvalue weighted by Gasteiger charge is 2.28. The van der Waals surface area contributed by atoms with E-state index in [0.29, 0.717) is 0 Å². The summed E-state index contributed by atoms with van der Waals surface area (Å²) in [6.07, 6.45) is -0.546. The Bertz CT molecular complexity index is 602. The van der Waals surface area contributed by atoms with Crippen LogP contribution in [0.3, 0.4) is 0 Å². The topological polar surface area (TPSA) is 12.5 Å². The molecule has 2 rings (SSSR count).